The van der Waals surface area contributed by atoms with Crippen LogP contribution in [0.2, 0.25) is 0 Å². The quantitative estimate of drug-likeness (QED) is 0.755. The van der Waals surface area contributed by atoms with Crippen molar-refractivity contribution in [3.63, 3.8) is 0 Å². The summed E-state index contributed by atoms with van der Waals surface area (Å²) >= 11 is 8.93. The van der Waals surface area contributed by atoms with E-state index >= 15 is 0 Å². The van der Waals surface area contributed by atoms with Gasteiger partial charge in [0.1, 0.15) is 0 Å². The van der Waals surface area contributed by atoms with Crippen molar-refractivity contribution in [1.29, 1.82) is 0 Å². The van der Waals surface area contributed by atoms with E-state index in [1.807, 2.05) is 54.6 Å². The molecule has 1 aliphatic heterocycles. The number of aliphatic hydroxyl groups is 1. The highest BCUT2D eigenvalue weighted by atomic mass is 79.9. The Hall–Kier alpha value is -1.43. The largest absolute Gasteiger partial charge is 0.385 e. The van der Waals surface area contributed by atoms with Crippen LogP contribution >= 0.6 is 28.1 Å². The van der Waals surface area contributed by atoms with Crippen LogP contribution in [0.3, 0.4) is 0 Å². The fraction of sp³-hybridized carbons (Fsp3) is 0.278. The number of halogens is 1. The molecular weight excluding hydrogens is 372 g/mol. The minimum absolute atomic E-state index is 0.680. The Morgan fingerprint density at radius 2 is 1.65 bits per heavy atom. The van der Waals surface area contributed by atoms with Gasteiger partial charge in [-0.1, -0.05) is 46.3 Å². The lowest BCUT2D eigenvalue weighted by Crippen LogP contribution is -2.46. The van der Waals surface area contributed by atoms with Gasteiger partial charge in [0.25, 0.3) is 0 Å². The summed E-state index contributed by atoms with van der Waals surface area (Å²) in [6.45, 7) is 1.49. The standard InChI is InChI=1S/C18H19BrN2OS/c19-15-6-8-16(9-7-15)20-17(23)21-12-10-18(22,11-13-21)14-4-2-1-3-5-14/h1-9,22H,10-13H2,(H,20,23). The summed E-state index contributed by atoms with van der Waals surface area (Å²) in [5.41, 5.74) is 1.22. The minimum Gasteiger partial charge on any atom is -0.385 e. The SMILES string of the molecule is OC1(c2ccccc2)CCN(C(=S)Nc2ccc(Br)cc2)CC1. The molecule has 0 spiro atoms. The predicted octanol–water partition coefficient (Wildman–Crippen LogP) is 4.13. The van der Waals surface area contributed by atoms with Gasteiger partial charge in [0.15, 0.2) is 5.11 Å². The lowest BCUT2D eigenvalue weighted by molar-refractivity contribution is -0.0117. The summed E-state index contributed by atoms with van der Waals surface area (Å²) in [5, 5.41) is 14.8. The number of thiocarbonyl (C=S) groups is 1. The van der Waals surface area contributed by atoms with Gasteiger partial charge in [-0.15, -0.1) is 0 Å². The Balaban J connectivity index is 1.60. The molecule has 0 atom stereocenters. The molecule has 0 saturated carbocycles. The van der Waals surface area contributed by atoms with Crippen molar-refractivity contribution in [2.75, 3.05) is 18.4 Å². The highest BCUT2D eigenvalue weighted by Crippen LogP contribution is 2.32. The number of anilines is 1. The zero-order valence-electron chi connectivity index (χ0n) is 12.7. The molecule has 3 rings (SSSR count). The zero-order chi connectivity index (χ0) is 16.3. The molecule has 1 heterocycles. The third kappa shape index (κ3) is 3.91. The maximum Gasteiger partial charge on any atom is 0.173 e. The van der Waals surface area contributed by atoms with Gasteiger partial charge in [0.05, 0.1) is 5.60 Å². The Kier molecular flexibility index (Phi) is 4.99. The summed E-state index contributed by atoms with van der Waals surface area (Å²) in [5.74, 6) is 0. The van der Waals surface area contributed by atoms with Gasteiger partial charge in [0.2, 0.25) is 0 Å². The topological polar surface area (TPSA) is 35.5 Å². The molecule has 0 aliphatic carbocycles. The van der Waals surface area contributed by atoms with Gasteiger partial charge >= 0.3 is 0 Å². The van der Waals surface area contributed by atoms with Crippen molar-refractivity contribution in [2.45, 2.75) is 18.4 Å². The Morgan fingerprint density at radius 3 is 2.26 bits per heavy atom. The molecule has 3 nitrogen and oxygen atoms in total. The van der Waals surface area contributed by atoms with E-state index in [0.29, 0.717) is 18.0 Å². The molecule has 0 unspecified atom stereocenters. The Morgan fingerprint density at radius 1 is 1.04 bits per heavy atom. The van der Waals surface area contributed by atoms with Gasteiger partial charge in [-0.3, -0.25) is 0 Å². The van der Waals surface area contributed by atoms with E-state index in [1.54, 1.807) is 0 Å². The Labute approximate surface area is 150 Å². The van der Waals surface area contributed by atoms with E-state index in [-0.39, 0.29) is 0 Å². The summed E-state index contributed by atoms with van der Waals surface area (Å²) in [4.78, 5) is 2.12. The maximum absolute atomic E-state index is 10.9. The second kappa shape index (κ2) is 6.99. The first-order chi connectivity index (χ1) is 11.1. The number of nitrogens with zero attached hydrogens (tertiary/aromatic N) is 1. The molecule has 1 aliphatic rings. The van der Waals surface area contributed by atoms with Crippen molar-refractivity contribution in [1.82, 2.24) is 4.90 Å². The van der Waals surface area contributed by atoms with Crippen LogP contribution in [0.25, 0.3) is 0 Å². The molecule has 2 aromatic carbocycles. The van der Waals surface area contributed by atoms with E-state index in [9.17, 15) is 5.11 Å². The van der Waals surface area contributed by atoms with Crippen molar-refractivity contribution in [3.05, 3.63) is 64.6 Å². The van der Waals surface area contributed by atoms with Crippen LogP contribution in [0, 0.1) is 0 Å². The molecule has 1 saturated heterocycles. The normalized spacial score (nSPS) is 16.9. The predicted molar refractivity (Wildman–Crippen MR) is 102 cm³/mol. The van der Waals surface area contributed by atoms with Crippen LogP contribution < -0.4 is 5.32 Å². The van der Waals surface area contributed by atoms with Crippen molar-refractivity contribution in [3.8, 4) is 0 Å². The summed E-state index contributed by atoms with van der Waals surface area (Å²) in [7, 11) is 0. The molecule has 0 amide bonds. The molecule has 0 aromatic heterocycles. The van der Waals surface area contributed by atoms with Gasteiger partial charge in [0, 0.05) is 23.2 Å². The molecule has 0 bridgehead atoms. The molecule has 5 heteroatoms. The number of nitrogens with one attached hydrogen (secondary N) is 1. The fourth-order valence-electron chi connectivity index (χ4n) is 2.85. The van der Waals surface area contributed by atoms with E-state index in [1.165, 1.54) is 0 Å². The van der Waals surface area contributed by atoms with Crippen molar-refractivity contribution in [2.24, 2.45) is 0 Å². The lowest BCUT2D eigenvalue weighted by atomic mass is 9.84. The first kappa shape index (κ1) is 16.4. The van der Waals surface area contributed by atoms with Crippen molar-refractivity contribution < 1.29 is 5.11 Å². The summed E-state index contributed by atoms with van der Waals surface area (Å²) < 4.78 is 1.04. The van der Waals surface area contributed by atoms with E-state index in [4.69, 9.17) is 12.2 Å². The smallest absolute Gasteiger partial charge is 0.173 e. The number of likely N-dealkylation sites (tertiary alicyclic amines) is 1. The first-order valence-corrected chi connectivity index (χ1v) is 8.86. The van der Waals surface area contributed by atoms with Crippen LogP contribution in [-0.4, -0.2) is 28.2 Å². The van der Waals surface area contributed by atoms with E-state index in [0.717, 1.165) is 28.8 Å². The second-order valence-corrected chi connectivity index (χ2v) is 7.12. The van der Waals surface area contributed by atoms with Gasteiger partial charge < -0.3 is 15.3 Å². The van der Waals surface area contributed by atoms with Crippen LogP contribution in [0.4, 0.5) is 5.69 Å². The highest BCUT2D eigenvalue weighted by Gasteiger charge is 2.34. The van der Waals surface area contributed by atoms with E-state index < -0.39 is 5.60 Å². The zero-order valence-corrected chi connectivity index (χ0v) is 15.1. The highest BCUT2D eigenvalue weighted by molar-refractivity contribution is 9.10. The van der Waals surface area contributed by atoms with Gasteiger partial charge in [-0.05, 0) is 54.9 Å². The summed E-state index contributed by atoms with van der Waals surface area (Å²) in [6.07, 6.45) is 1.36. The molecule has 120 valence electrons. The van der Waals surface area contributed by atoms with Crippen molar-refractivity contribution >= 4 is 38.9 Å². The molecular formula is C18H19BrN2OS. The maximum atomic E-state index is 10.9. The molecule has 1 fully saturated rings. The average Bonchev–Trinajstić information content (AvgIpc) is 2.58. The lowest BCUT2D eigenvalue weighted by Gasteiger charge is -2.39. The molecule has 0 radical (unpaired) electrons. The minimum atomic E-state index is -0.745. The van der Waals surface area contributed by atoms with Crippen LogP contribution in [-0.2, 0) is 5.60 Å². The van der Waals surface area contributed by atoms with Crippen LogP contribution in [0.1, 0.15) is 18.4 Å². The first-order valence-electron chi connectivity index (χ1n) is 7.66. The van der Waals surface area contributed by atoms with E-state index in [2.05, 4.69) is 26.1 Å². The third-order valence-electron chi connectivity index (χ3n) is 4.28. The van der Waals surface area contributed by atoms with Crippen LogP contribution in [0.15, 0.2) is 59.1 Å². The Bertz CT molecular complexity index is 667. The third-order valence-corrected chi connectivity index (χ3v) is 5.17. The number of rotatable bonds is 2. The molecule has 2 N–H and O–H groups in total. The number of hydrogen-bond donors (Lipinski definition) is 2. The van der Waals surface area contributed by atoms with Gasteiger partial charge in [-0.2, -0.15) is 0 Å². The number of hydrogen-bond acceptors (Lipinski definition) is 2. The number of piperidine rings is 1. The monoisotopic (exact) mass is 390 g/mol. The molecule has 23 heavy (non-hydrogen) atoms. The van der Waals surface area contributed by atoms with Crippen LogP contribution in [0.5, 0.6) is 0 Å². The fourth-order valence-corrected chi connectivity index (χ4v) is 3.42. The average molecular weight is 391 g/mol. The number of benzene rings is 2. The molecule has 2 aromatic rings. The second-order valence-electron chi connectivity index (χ2n) is 5.82. The van der Waals surface area contributed by atoms with Gasteiger partial charge in [-0.25, -0.2) is 0 Å². The summed E-state index contributed by atoms with van der Waals surface area (Å²) in [6, 6.07) is 17.8.